The van der Waals surface area contributed by atoms with E-state index in [0.717, 1.165) is 24.1 Å². The smallest absolute Gasteiger partial charge is 0.276 e. The minimum Gasteiger partial charge on any atom is -0.373 e. The molecule has 8 heteroatoms. The summed E-state index contributed by atoms with van der Waals surface area (Å²) in [5, 5.41) is 4.82. The summed E-state index contributed by atoms with van der Waals surface area (Å²) in [6.45, 7) is 11.4. The van der Waals surface area contributed by atoms with E-state index in [1.165, 1.54) is 0 Å². The highest BCUT2D eigenvalue weighted by atomic mass is 16.1. The van der Waals surface area contributed by atoms with Crippen molar-refractivity contribution < 1.29 is 0 Å². The van der Waals surface area contributed by atoms with Crippen LogP contribution in [0.4, 0.5) is 0 Å². The van der Waals surface area contributed by atoms with E-state index in [-0.39, 0.29) is 11.5 Å². The topological polar surface area (TPSA) is 91.0 Å². The van der Waals surface area contributed by atoms with Gasteiger partial charge in [-0.3, -0.25) is 4.79 Å². The van der Waals surface area contributed by atoms with Crippen molar-refractivity contribution >= 4 is 18.4 Å². The molecule has 2 unspecified atom stereocenters. The van der Waals surface area contributed by atoms with Gasteiger partial charge in [0, 0.05) is 37.0 Å². The highest BCUT2D eigenvalue weighted by molar-refractivity contribution is 5.64. The Hall–Kier alpha value is -3.55. The van der Waals surface area contributed by atoms with Gasteiger partial charge in [-0.1, -0.05) is 38.1 Å². The second-order valence-electron chi connectivity index (χ2n) is 7.94. The first-order chi connectivity index (χ1) is 15.0. The first-order valence-electron chi connectivity index (χ1n) is 10.5. The largest absolute Gasteiger partial charge is 0.373 e. The number of likely N-dealkylation sites (tertiary alicyclic amines) is 1. The van der Waals surface area contributed by atoms with E-state index in [1.807, 2.05) is 50.5 Å². The van der Waals surface area contributed by atoms with E-state index in [0.29, 0.717) is 35.4 Å². The maximum atomic E-state index is 12.8. The summed E-state index contributed by atoms with van der Waals surface area (Å²) < 4.78 is 1.67. The molecule has 3 heterocycles. The molecule has 160 valence electrons. The van der Waals surface area contributed by atoms with Gasteiger partial charge in [-0.05, 0) is 31.5 Å². The van der Waals surface area contributed by atoms with Crippen LogP contribution in [0.5, 0.6) is 0 Å². The first kappa shape index (κ1) is 20.7. The van der Waals surface area contributed by atoms with Crippen molar-refractivity contribution in [3.05, 3.63) is 64.2 Å². The molecule has 0 bridgehead atoms. The van der Waals surface area contributed by atoms with E-state index < -0.39 is 0 Å². The SMILES string of the molecule is C=N/C(=C\N1CC(C)C(c2nn3c(-c4ccccc4C)ncc3c(=O)[nH]2)C1)N=CCC. The molecule has 1 aromatic carbocycles. The van der Waals surface area contributed by atoms with E-state index in [1.54, 1.807) is 10.7 Å². The number of aliphatic imine (C=N–C) groups is 2. The zero-order chi connectivity index (χ0) is 22.0. The number of hydrogen-bond donors (Lipinski definition) is 1. The molecule has 0 saturated carbocycles. The van der Waals surface area contributed by atoms with Gasteiger partial charge in [0.2, 0.25) is 0 Å². The van der Waals surface area contributed by atoms with Crippen molar-refractivity contribution in [2.24, 2.45) is 15.9 Å². The van der Waals surface area contributed by atoms with Gasteiger partial charge < -0.3 is 9.88 Å². The van der Waals surface area contributed by atoms with E-state index >= 15 is 0 Å². The van der Waals surface area contributed by atoms with Gasteiger partial charge in [-0.15, -0.1) is 0 Å². The third-order valence-corrected chi connectivity index (χ3v) is 5.66. The number of nitrogens with one attached hydrogen (secondary N) is 1. The molecule has 31 heavy (non-hydrogen) atoms. The van der Waals surface area contributed by atoms with Crippen LogP contribution in [0.3, 0.4) is 0 Å². The Morgan fingerprint density at radius 3 is 2.90 bits per heavy atom. The van der Waals surface area contributed by atoms with Crippen LogP contribution >= 0.6 is 0 Å². The molecule has 2 aromatic heterocycles. The molecule has 0 radical (unpaired) electrons. The average molecular weight is 418 g/mol. The molecule has 1 saturated heterocycles. The molecular weight excluding hydrogens is 390 g/mol. The molecule has 0 amide bonds. The van der Waals surface area contributed by atoms with Gasteiger partial charge in [-0.25, -0.2) is 19.5 Å². The van der Waals surface area contributed by atoms with Gasteiger partial charge in [-0.2, -0.15) is 5.10 Å². The number of benzene rings is 1. The third-order valence-electron chi connectivity index (χ3n) is 5.66. The van der Waals surface area contributed by atoms with Crippen LogP contribution < -0.4 is 5.56 Å². The van der Waals surface area contributed by atoms with Crippen LogP contribution in [-0.4, -0.2) is 50.5 Å². The highest BCUT2D eigenvalue weighted by Crippen LogP contribution is 2.31. The van der Waals surface area contributed by atoms with Crippen molar-refractivity contribution in [2.75, 3.05) is 13.1 Å². The van der Waals surface area contributed by atoms with Crippen LogP contribution in [0.1, 0.15) is 37.6 Å². The lowest BCUT2D eigenvalue weighted by Crippen LogP contribution is -2.21. The highest BCUT2D eigenvalue weighted by Gasteiger charge is 2.32. The zero-order valence-electron chi connectivity index (χ0n) is 18.1. The monoisotopic (exact) mass is 417 g/mol. The Labute approximate surface area is 181 Å². The Bertz CT molecular complexity index is 1220. The van der Waals surface area contributed by atoms with E-state index in [9.17, 15) is 4.79 Å². The van der Waals surface area contributed by atoms with Crippen molar-refractivity contribution in [3.8, 4) is 11.4 Å². The van der Waals surface area contributed by atoms with E-state index in [2.05, 4.69) is 38.5 Å². The molecule has 8 nitrogen and oxygen atoms in total. The van der Waals surface area contributed by atoms with Crippen LogP contribution in [0.15, 0.2) is 57.3 Å². The maximum Gasteiger partial charge on any atom is 0.276 e. The lowest BCUT2D eigenvalue weighted by Gasteiger charge is -2.14. The fourth-order valence-electron chi connectivity index (χ4n) is 4.02. The second kappa shape index (κ2) is 8.67. The first-order valence-corrected chi connectivity index (χ1v) is 10.5. The lowest BCUT2D eigenvalue weighted by atomic mass is 9.97. The predicted molar refractivity (Wildman–Crippen MR) is 124 cm³/mol. The maximum absolute atomic E-state index is 12.8. The number of imidazole rings is 1. The number of aromatic nitrogens is 4. The summed E-state index contributed by atoms with van der Waals surface area (Å²) in [5.74, 6) is 2.29. The number of aryl methyl sites for hydroxylation is 1. The minimum absolute atomic E-state index is 0.0710. The number of H-pyrrole nitrogens is 1. The summed E-state index contributed by atoms with van der Waals surface area (Å²) in [6.07, 6.45) is 6.16. The zero-order valence-corrected chi connectivity index (χ0v) is 18.1. The summed E-state index contributed by atoms with van der Waals surface area (Å²) in [6, 6.07) is 7.98. The van der Waals surface area contributed by atoms with Crippen LogP contribution in [0.2, 0.25) is 0 Å². The molecule has 1 aliphatic heterocycles. The average Bonchev–Trinajstić information content (AvgIpc) is 3.35. The number of fused-ring (bicyclic) bond motifs is 1. The molecule has 1 N–H and O–H groups in total. The molecule has 1 aliphatic rings. The van der Waals surface area contributed by atoms with E-state index in [4.69, 9.17) is 5.10 Å². The van der Waals surface area contributed by atoms with Crippen molar-refractivity contribution in [2.45, 2.75) is 33.1 Å². The van der Waals surface area contributed by atoms with Crippen molar-refractivity contribution in [1.29, 1.82) is 0 Å². The summed E-state index contributed by atoms with van der Waals surface area (Å²) >= 11 is 0. The molecule has 4 rings (SSSR count). The Morgan fingerprint density at radius 1 is 1.35 bits per heavy atom. The summed E-state index contributed by atoms with van der Waals surface area (Å²) in [5.41, 5.74) is 2.31. The number of rotatable bonds is 6. The van der Waals surface area contributed by atoms with Gasteiger partial charge >= 0.3 is 0 Å². The van der Waals surface area contributed by atoms with Crippen LogP contribution in [-0.2, 0) is 0 Å². The third kappa shape index (κ3) is 4.05. The molecular formula is C23H27N7O. The molecule has 3 aromatic rings. The Morgan fingerprint density at radius 2 is 2.16 bits per heavy atom. The number of nitrogens with zero attached hydrogens (tertiary/aromatic N) is 6. The molecule has 0 aliphatic carbocycles. The van der Waals surface area contributed by atoms with Gasteiger partial charge in [0.1, 0.15) is 5.82 Å². The second-order valence-corrected chi connectivity index (χ2v) is 7.94. The molecule has 1 fully saturated rings. The minimum atomic E-state index is -0.181. The predicted octanol–water partition coefficient (Wildman–Crippen LogP) is 3.41. The number of aromatic amines is 1. The number of hydrogen-bond acceptors (Lipinski definition) is 6. The van der Waals surface area contributed by atoms with Crippen LogP contribution in [0, 0.1) is 12.8 Å². The fraction of sp³-hybridized carbons (Fsp3) is 0.348. The summed E-state index contributed by atoms with van der Waals surface area (Å²) in [4.78, 5) is 30.8. The quantitative estimate of drug-likeness (QED) is 0.622. The van der Waals surface area contributed by atoms with Gasteiger partial charge in [0.05, 0.1) is 6.20 Å². The Kier molecular flexibility index (Phi) is 5.79. The standard InChI is InChI=1S/C23H27N7O/c1-5-10-25-20(24-4)14-29-12-16(3)18(13-29)21-27-23(31)19-11-26-22(30(19)28-21)17-9-7-6-8-15(17)2/h6-11,14,16,18H,4-5,12-13H2,1-3H3,(H,27,28,31)/b20-14+,25-10?. The fourth-order valence-corrected chi connectivity index (χ4v) is 4.02. The lowest BCUT2D eigenvalue weighted by molar-refractivity contribution is 0.443. The van der Waals surface area contributed by atoms with Gasteiger partial charge in [0.25, 0.3) is 5.56 Å². The molecule has 2 atom stereocenters. The molecule has 0 spiro atoms. The Balaban J connectivity index is 1.70. The van der Waals surface area contributed by atoms with Crippen LogP contribution in [0.25, 0.3) is 16.9 Å². The van der Waals surface area contributed by atoms with Gasteiger partial charge in [0.15, 0.2) is 17.2 Å². The van der Waals surface area contributed by atoms with Crippen molar-refractivity contribution in [1.82, 2.24) is 24.5 Å². The summed E-state index contributed by atoms with van der Waals surface area (Å²) in [7, 11) is 0. The van der Waals surface area contributed by atoms with Crippen molar-refractivity contribution in [3.63, 3.8) is 0 Å². The normalized spacial score (nSPS) is 19.6.